The molecule has 0 saturated heterocycles. The number of aliphatic imine (C=N–C) groups is 1. The predicted molar refractivity (Wildman–Crippen MR) is 129 cm³/mol. The molecular formula is C22H31IN4O2. The van der Waals surface area contributed by atoms with Crippen LogP contribution in [0.2, 0.25) is 0 Å². The van der Waals surface area contributed by atoms with Crippen molar-refractivity contribution in [2.45, 2.75) is 32.9 Å². The zero-order chi connectivity index (χ0) is 20.0. The number of aryl methyl sites for hydroxylation is 1. The molecule has 1 unspecified atom stereocenters. The first-order valence-electron chi connectivity index (χ1n) is 9.78. The third-order valence-corrected chi connectivity index (χ3v) is 4.73. The van der Waals surface area contributed by atoms with Crippen molar-refractivity contribution in [3.05, 3.63) is 65.6 Å². The van der Waals surface area contributed by atoms with Crippen molar-refractivity contribution in [3.8, 4) is 0 Å². The maximum absolute atomic E-state index is 10.7. The van der Waals surface area contributed by atoms with E-state index in [1.807, 2.05) is 19.9 Å². The largest absolute Gasteiger partial charge is 0.463 e. The molecule has 2 heterocycles. The number of hydrogen-bond donors (Lipinski definition) is 3. The quantitative estimate of drug-likeness (QED) is 0.230. The van der Waals surface area contributed by atoms with Crippen LogP contribution in [0.3, 0.4) is 0 Å². The fourth-order valence-corrected chi connectivity index (χ4v) is 3.12. The number of furan rings is 1. The van der Waals surface area contributed by atoms with Gasteiger partial charge in [-0.2, -0.15) is 0 Å². The van der Waals surface area contributed by atoms with Crippen LogP contribution in [-0.2, 0) is 12.1 Å². The Balaban J connectivity index is 0.00000300. The highest BCUT2D eigenvalue weighted by molar-refractivity contribution is 14.0. The van der Waals surface area contributed by atoms with Crippen molar-refractivity contribution in [2.75, 3.05) is 31.1 Å². The van der Waals surface area contributed by atoms with Crippen molar-refractivity contribution < 1.29 is 9.52 Å². The number of anilines is 1. The molecule has 0 amide bonds. The maximum Gasteiger partial charge on any atom is 0.191 e. The van der Waals surface area contributed by atoms with Crippen molar-refractivity contribution in [3.63, 3.8) is 0 Å². The molecule has 1 aliphatic heterocycles. The van der Waals surface area contributed by atoms with Gasteiger partial charge in [-0.1, -0.05) is 24.3 Å². The van der Waals surface area contributed by atoms with Gasteiger partial charge < -0.3 is 25.1 Å². The summed E-state index contributed by atoms with van der Waals surface area (Å²) in [6.45, 7) is 9.13. The van der Waals surface area contributed by atoms with Crippen LogP contribution in [0.15, 0.2) is 58.0 Å². The van der Waals surface area contributed by atoms with E-state index in [9.17, 15) is 5.11 Å². The van der Waals surface area contributed by atoms with E-state index in [2.05, 4.69) is 56.9 Å². The number of benzene rings is 1. The molecule has 0 saturated carbocycles. The van der Waals surface area contributed by atoms with E-state index >= 15 is 0 Å². The minimum absolute atomic E-state index is 0. The Hall–Kier alpha value is -2.00. The number of hydrogen-bond acceptors (Lipinski definition) is 4. The molecule has 1 atom stereocenters. The average Bonchev–Trinajstić information content (AvgIpc) is 3.36. The summed E-state index contributed by atoms with van der Waals surface area (Å²) in [5.41, 5.74) is 1.24. The first-order chi connectivity index (χ1) is 13.5. The van der Waals surface area contributed by atoms with Gasteiger partial charge in [-0.25, -0.2) is 4.99 Å². The third kappa shape index (κ3) is 6.50. The molecule has 0 spiro atoms. The second kappa shape index (κ2) is 10.7. The van der Waals surface area contributed by atoms with E-state index in [1.165, 1.54) is 5.69 Å². The molecule has 1 aromatic heterocycles. The summed E-state index contributed by atoms with van der Waals surface area (Å²) in [5, 5.41) is 17.2. The highest BCUT2D eigenvalue weighted by Gasteiger charge is 2.27. The molecule has 2 aromatic rings. The van der Waals surface area contributed by atoms with Gasteiger partial charge in [0.05, 0.1) is 13.1 Å². The molecule has 3 rings (SSSR count). The highest BCUT2D eigenvalue weighted by Crippen LogP contribution is 2.22. The summed E-state index contributed by atoms with van der Waals surface area (Å²) in [5.74, 6) is 1.99. The van der Waals surface area contributed by atoms with Crippen LogP contribution < -0.4 is 15.5 Å². The predicted octanol–water partition coefficient (Wildman–Crippen LogP) is 3.55. The Morgan fingerprint density at radius 3 is 2.62 bits per heavy atom. The van der Waals surface area contributed by atoms with Crippen molar-refractivity contribution in [1.29, 1.82) is 0 Å². The first-order valence-corrected chi connectivity index (χ1v) is 9.78. The standard InChI is InChI=1S/C22H30N4O2.HI/c1-4-23-21(25-16-22(3,27)20-11-10-17(2)28-20)24-15-18-8-7-9-19(14-18)26-12-5-6-13-26;/h5-11,14,27H,4,12-13,15-16H2,1-3H3,(H2,23,24,25);1H. The summed E-state index contributed by atoms with van der Waals surface area (Å²) < 4.78 is 5.57. The lowest BCUT2D eigenvalue weighted by molar-refractivity contribution is 0.0378. The van der Waals surface area contributed by atoms with E-state index in [4.69, 9.17) is 4.42 Å². The maximum atomic E-state index is 10.7. The molecule has 0 bridgehead atoms. The molecule has 0 fully saturated rings. The lowest BCUT2D eigenvalue weighted by atomic mass is 10.0. The summed E-state index contributed by atoms with van der Waals surface area (Å²) in [6.07, 6.45) is 4.37. The molecule has 29 heavy (non-hydrogen) atoms. The number of rotatable bonds is 7. The van der Waals surface area contributed by atoms with Crippen LogP contribution in [0, 0.1) is 6.92 Å². The molecular weight excluding hydrogens is 479 g/mol. The van der Waals surface area contributed by atoms with E-state index in [1.54, 1.807) is 13.0 Å². The van der Waals surface area contributed by atoms with Gasteiger partial charge in [-0.3, -0.25) is 0 Å². The van der Waals surface area contributed by atoms with Crippen LogP contribution in [-0.4, -0.2) is 37.2 Å². The number of halogens is 1. The zero-order valence-electron chi connectivity index (χ0n) is 17.3. The van der Waals surface area contributed by atoms with E-state index < -0.39 is 5.60 Å². The molecule has 6 nitrogen and oxygen atoms in total. The summed E-state index contributed by atoms with van der Waals surface area (Å²) >= 11 is 0. The van der Waals surface area contributed by atoms with Crippen molar-refractivity contribution in [1.82, 2.24) is 10.6 Å². The molecule has 1 aliphatic rings. The average molecular weight is 510 g/mol. The Labute approximate surface area is 190 Å². The SMILES string of the molecule is CCNC(=NCc1cccc(N2CC=CC2)c1)NCC(C)(O)c1ccc(C)o1.I. The van der Waals surface area contributed by atoms with Crippen LogP contribution in [0.25, 0.3) is 0 Å². The second-order valence-electron chi connectivity index (χ2n) is 7.28. The first kappa shape index (κ1) is 23.3. The Bertz CT molecular complexity index is 837. The van der Waals surface area contributed by atoms with Gasteiger partial charge in [0, 0.05) is 25.3 Å². The number of nitrogens with one attached hydrogen (secondary N) is 2. The van der Waals surface area contributed by atoms with Gasteiger partial charge >= 0.3 is 0 Å². The smallest absolute Gasteiger partial charge is 0.191 e. The Morgan fingerprint density at radius 2 is 1.97 bits per heavy atom. The topological polar surface area (TPSA) is 73.0 Å². The van der Waals surface area contributed by atoms with E-state index in [-0.39, 0.29) is 24.0 Å². The third-order valence-electron chi connectivity index (χ3n) is 4.73. The Kier molecular flexibility index (Phi) is 8.58. The highest BCUT2D eigenvalue weighted by atomic mass is 127. The van der Waals surface area contributed by atoms with Crippen molar-refractivity contribution in [2.24, 2.45) is 4.99 Å². The molecule has 0 radical (unpaired) electrons. The zero-order valence-corrected chi connectivity index (χ0v) is 19.6. The van der Waals surface area contributed by atoms with Crippen LogP contribution in [0.5, 0.6) is 0 Å². The molecule has 1 aromatic carbocycles. The van der Waals surface area contributed by atoms with E-state index in [0.29, 0.717) is 24.8 Å². The molecule has 158 valence electrons. The van der Waals surface area contributed by atoms with Gasteiger partial charge in [0.25, 0.3) is 0 Å². The van der Waals surface area contributed by atoms with Crippen LogP contribution in [0.1, 0.15) is 30.9 Å². The van der Waals surface area contributed by atoms with Crippen LogP contribution >= 0.6 is 24.0 Å². The lowest BCUT2D eigenvalue weighted by Crippen LogP contribution is -2.44. The van der Waals surface area contributed by atoms with Gasteiger partial charge in [-0.05, 0) is 50.6 Å². The summed E-state index contributed by atoms with van der Waals surface area (Å²) in [7, 11) is 0. The van der Waals surface area contributed by atoms with Crippen LogP contribution in [0.4, 0.5) is 5.69 Å². The molecule has 0 aliphatic carbocycles. The van der Waals surface area contributed by atoms with Gasteiger partial charge in [-0.15, -0.1) is 24.0 Å². The van der Waals surface area contributed by atoms with Gasteiger partial charge in [0.2, 0.25) is 0 Å². The normalized spacial score (nSPS) is 15.7. The lowest BCUT2D eigenvalue weighted by Gasteiger charge is -2.23. The number of nitrogens with zero attached hydrogens (tertiary/aromatic N) is 2. The molecule has 3 N–H and O–H groups in total. The molecule has 7 heteroatoms. The number of guanidine groups is 1. The minimum atomic E-state index is -1.12. The minimum Gasteiger partial charge on any atom is -0.463 e. The Morgan fingerprint density at radius 1 is 1.21 bits per heavy atom. The van der Waals surface area contributed by atoms with Crippen molar-refractivity contribution >= 4 is 35.6 Å². The summed E-state index contributed by atoms with van der Waals surface area (Å²) in [4.78, 5) is 6.99. The van der Waals surface area contributed by atoms with Gasteiger partial charge in [0.1, 0.15) is 17.1 Å². The second-order valence-corrected chi connectivity index (χ2v) is 7.28. The van der Waals surface area contributed by atoms with E-state index in [0.717, 1.165) is 31.0 Å². The monoisotopic (exact) mass is 510 g/mol. The fourth-order valence-electron chi connectivity index (χ4n) is 3.12. The summed E-state index contributed by atoms with van der Waals surface area (Å²) in [6, 6.07) is 12.1. The number of aliphatic hydroxyl groups is 1. The fraction of sp³-hybridized carbons (Fsp3) is 0.409. The van der Waals surface area contributed by atoms with Gasteiger partial charge in [0.15, 0.2) is 5.96 Å².